The van der Waals surface area contributed by atoms with Crippen LogP contribution in [0.15, 0.2) is 12.3 Å². The Hall–Kier alpha value is -1.93. The SMILES string of the molecule is CC(C)(C)OC(=O)N1C2CCC1CN(c1ncc(C[C@@H]3COC(C)(C)O3)cc1F)C2. The molecular formula is C22H32FN3O4. The molecule has 3 fully saturated rings. The summed E-state index contributed by atoms with van der Waals surface area (Å²) in [6.07, 6.45) is 3.70. The smallest absolute Gasteiger partial charge is 0.410 e. The van der Waals surface area contributed by atoms with Crippen LogP contribution in [0.1, 0.15) is 53.0 Å². The van der Waals surface area contributed by atoms with Crippen LogP contribution in [0.3, 0.4) is 0 Å². The number of piperazine rings is 1. The molecule has 8 heteroatoms. The van der Waals surface area contributed by atoms with Crippen molar-refractivity contribution in [1.82, 2.24) is 9.88 Å². The summed E-state index contributed by atoms with van der Waals surface area (Å²) in [6, 6.07) is 1.58. The summed E-state index contributed by atoms with van der Waals surface area (Å²) < 4.78 is 31.9. The van der Waals surface area contributed by atoms with Crippen molar-refractivity contribution < 1.29 is 23.4 Å². The standard InChI is InChI=1S/C22H32FN3O4/c1-21(2,3)30-20(27)26-15-6-7-16(26)12-25(11-15)19-18(23)9-14(10-24-19)8-17-13-28-22(4,5)29-17/h9-10,15-17H,6-8,11-13H2,1-5H3/t15?,16?,17-/m1/s1. The summed E-state index contributed by atoms with van der Waals surface area (Å²) in [7, 11) is 0. The summed E-state index contributed by atoms with van der Waals surface area (Å²) in [6.45, 7) is 11.0. The van der Waals surface area contributed by atoms with E-state index in [2.05, 4.69) is 4.98 Å². The molecule has 0 saturated carbocycles. The van der Waals surface area contributed by atoms with E-state index in [1.807, 2.05) is 44.4 Å². The number of hydrogen-bond acceptors (Lipinski definition) is 6. The Morgan fingerprint density at radius 1 is 1.30 bits per heavy atom. The zero-order valence-corrected chi connectivity index (χ0v) is 18.5. The molecule has 3 saturated heterocycles. The molecular weight excluding hydrogens is 389 g/mol. The summed E-state index contributed by atoms with van der Waals surface area (Å²) in [5, 5.41) is 0. The maximum Gasteiger partial charge on any atom is 0.410 e. The second-order valence-corrected chi connectivity index (χ2v) is 9.98. The Morgan fingerprint density at radius 3 is 2.50 bits per heavy atom. The summed E-state index contributed by atoms with van der Waals surface area (Å²) in [5.41, 5.74) is 0.262. The van der Waals surface area contributed by atoms with E-state index in [4.69, 9.17) is 14.2 Å². The van der Waals surface area contributed by atoms with Gasteiger partial charge in [-0.3, -0.25) is 4.90 Å². The molecule has 0 aliphatic carbocycles. The van der Waals surface area contributed by atoms with Crippen molar-refractivity contribution in [2.24, 2.45) is 0 Å². The topological polar surface area (TPSA) is 64.1 Å². The summed E-state index contributed by atoms with van der Waals surface area (Å²) in [5.74, 6) is -0.580. The first-order valence-corrected chi connectivity index (χ1v) is 10.7. The maximum atomic E-state index is 14.9. The first-order valence-electron chi connectivity index (χ1n) is 10.7. The van der Waals surface area contributed by atoms with Gasteiger partial charge in [0.05, 0.1) is 24.8 Å². The first-order chi connectivity index (χ1) is 14.0. The Morgan fingerprint density at radius 2 is 1.97 bits per heavy atom. The van der Waals surface area contributed by atoms with Gasteiger partial charge in [-0.1, -0.05) is 0 Å². The van der Waals surface area contributed by atoms with Crippen LogP contribution in [-0.4, -0.2) is 65.2 Å². The molecule has 1 amide bonds. The fourth-order valence-corrected chi connectivity index (χ4v) is 4.63. The molecule has 2 bridgehead atoms. The van der Waals surface area contributed by atoms with Gasteiger partial charge in [0.2, 0.25) is 0 Å². The Kier molecular flexibility index (Phi) is 5.43. The Labute approximate surface area is 177 Å². The van der Waals surface area contributed by atoms with E-state index in [9.17, 15) is 9.18 Å². The van der Waals surface area contributed by atoms with Gasteiger partial charge in [0, 0.05) is 25.7 Å². The number of carbonyl (C=O) groups excluding carboxylic acids is 1. The normalized spacial score (nSPS) is 28.1. The van der Waals surface area contributed by atoms with Crippen LogP contribution in [0.5, 0.6) is 0 Å². The number of hydrogen-bond donors (Lipinski definition) is 0. The van der Waals surface area contributed by atoms with Gasteiger partial charge in [0.1, 0.15) is 5.60 Å². The van der Waals surface area contributed by atoms with E-state index in [0.717, 1.165) is 18.4 Å². The summed E-state index contributed by atoms with van der Waals surface area (Å²) >= 11 is 0. The van der Waals surface area contributed by atoms with Crippen LogP contribution >= 0.6 is 0 Å². The number of aromatic nitrogens is 1. The van der Waals surface area contributed by atoms with Gasteiger partial charge in [-0.2, -0.15) is 0 Å². The average Bonchev–Trinajstić information content (AvgIpc) is 3.09. The molecule has 4 rings (SSSR count). The highest BCUT2D eigenvalue weighted by Gasteiger charge is 2.45. The van der Waals surface area contributed by atoms with Crippen LogP contribution in [0.25, 0.3) is 0 Å². The van der Waals surface area contributed by atoms with E-state index in [0.29, 0.717) is 31.9 Å². The van der Waals surface area contributed by atoms with Crippen molar-refractivity contribution in [3.8, 4) is 0 Å². The van der Waals surface area contributed by atoms with Gasteiger partial charge in [-0.15, -0.1) is 0 Å². The van der Waals surface area contributed by atoms with Crippen LogP contribution < -0.4 is 4.90 Å². The molecule has 1 aromatic rings. The van der Waals surface area contributed by atoms with Gasteiger partial charge in [-0.05, 0) is 59.1 Å². The van der Waals surface area contributed by atoms with Crippen molar-refractivity contribution in [1.29, 1.82) is 0 Å². The predicted octanol–water partition coefficient (Wildman–Crippen LogP) is 3.50. The lowest BCUT2D eigenvalue weighted by molar-refractivity contribution is -0.138. The second-order valence-electron chi connectivity index (χ2n) is 9.98. The van der Waals surface area contributed by atoms with Crippen molar-refractivity contribution in [3.05, 3.63) is 23.6 Å². The highest BCUT2D eigenvalue weighted by molar-refractivity contribution is 5.70. The lowest BCUT2D eigenvalue weighted by Gasteiger charge is -2.41. The van der Waals surface area contributed by atoms with Crippen LogP contribution in [0.2, 0.25) is 0 Å². The van der Waals surface area contributed by atoms with Crippen molar-refractivity contribution >= 4 is 11.9 Å². The van der Waals surface area contributed by atoms with Gasteiger partial charge in [0.15, 0.2) is 17.4 Å². The second kappa shape index (κ2) is 7.64. The van der Waals surface area contributed by atoms with Gasteiger partial charge < -0.3 is 19.1 Å². The molecule has 0 radical (unpaired) electrons. The molecule has 3 atom stereocenters. The number of fused-ring (bicyclic) bond motifs is 2. The van der Waals surface area contributed by atoms with Crippen molar-refractivity contribution in [3.63, 3.8) is 0 Å². The van der Waals surface area contributed by atoms with E-state index in [1.165, 1.54) is 0 Å². The average molecular weight is 422 g/mol. The van der Waals surface area contributed by atoms with Crippen LogP contribution in [-0.2, 0) is 20.6 Å². The van der Waals surface area contributed by atoms with Crippen LogP contribution in [0.4, 0.5) is 15.0 Å². The number of carbonyl (C=O) groups is 1. The molecule has 0 spiro atoms. The minimum absolute atomic E-state index is 0.0192. The molecule has 4 heterocycles. The molecule has 0 aromatic carbocycles. The third-order valence-electron chi connectivity index (χ3n) is 5.80. The van der Waals surface area contributed by atoms with E-state index in [-0.39, 0.29) is 30.1 Å². The third kappa shape index (κ3) is 4.54. The number of rotatable bonds is 3. The van der Waals surface area contributed by atoms with E-state index >= 15 is 0 Å². The van der Waals surface area contributed by atoms with Crippen molar-refractivity contribution in [2.45, 2.75) is 83.5 Å². The molecule has 1 aromatic heterocycles. The third-order valence-corrected chi connectivity index (χ3v) is 5.80. The summed E-state index contributed by atoms with van der Waals surface area (Å²) in [4.78, 5) is 20.8. The largest absolute Gasteiger partial charge is 0.444 e. The fraction of sp³-hybridized carbons (Fsp3) is 0.727. The number of ether oxygens (including phenoxy) is 3. The molecule has 3 aliphatic rings. The van der Waals surface area contributed by atoms with Crippen LogP contribution in [0, 0.1) is 5.82 Å². The predicted molar refractivity (Wildman–Crippen MR) is 110 cm³/mol. The van der Waals surface area contributed by atoms with Crippen molar-refractivity contribution in [2.75, 3.05) is 24.6 Å². The minimum atomic E-state index is -0.594. The molecule has 7 nitrogen and oxygen atoms in total. The maximum absolute atomic E-state index is 14.9. The Balaban J connectivity index is 1.42. The van der Waals surface area contributed by atoms with E-state index < -0.39 is 11.4 Å². The fourth-order valence-electron chi connectivity index (χ4n) is 4.63. The number of nitrogens with zero attached hydrogens (tertiary/aromatic N) is 3. The number of anilines is 1. The first kappa shape index (κ1) is 21.3. The quantitative estimate of drug-likeness (QED) is 0.744. The van der Waals surface area contributed by atoms with E-state index in [1.54, 1.807) is 12.3 Å². The highest BCUT2D eigenvalue weighted by Crippen LogP contribution is 2.34. The Bertz CT molecular complexity index is 796. The minimum Gasteiger partial charge on any atom is -0.444 e. The monoisotopic (exact) mass is 421 g/mol. The molecule has 0 N–H and O–H groups in total. The number of halogens is 1. The molecule has 166 valence electrons. The number of pyridine rings is 1. The lowest BCUT2D eigenvalue weighted by atomic mass is 10.1. The zero-order valence-electron chi connectivity index (χ0n) is 18.5. The molecule has 30 heavy (non-hydrogen) atoms. The highest BCUT2D eigenvalue weighted by atomic mass is 19.1. The molecule has 2 unspecified atom stereocenters. The zero-order chi connectivity index (χ0) is 21.7. The molecule has 3 aliphatic heterocycles. The van der Waals surface area contributed by atoms with Gasteiger partial charge >= 0.3 is 6.09 Å². The number of amides is 1. The van der Waals surface area contributed by atoms with Gasteiger partial charge in [0.25, 0.3) is 0 Å². The lowest BCUT2D eigenvalue weighted by Crippen LogP contribution is -2.57. The van der Waals surface area contributed by atoms with Gasteiger partial charge in [-0.25, -0.2) is 14.2 Å².